The summed E-state index contributed by atoms with van der Waals surface area (Å²) in [5, 5.41) is 2.76. The third-order valence-corrected chi connectivity index (χ3v) is 2.80. The summed E-state index contributed by atoms with van der Waals surface area (Å²) in [5.74, 6) is -0.175. The molecule has 0 aromatic heterocycles. The van der Waals surface area contributed by atoms with Gasteiger partial charge in [0.15, 0.2) is 0 Å². The van der Waals surface area contributed by atoms with Crippen molar-refractivity contribution in [3.05, 3.63) is 28.2 Å². The lowest BCUT2D eigenvalue weighted by molar-refractivity contribution is -0.117. The Morgan fingerprint density at radius 1 is 1.53 bits per heavy atom. The van der Waals surface area contributed by atoms with E-state index >= 15 is 0 Å². The number of nitrogens with one attached hydrogen (secondary N) is 1. The largest absolute Gasteiger partial charge is 0.324 e. The van der Waals surface area contributed by atoms with E-state index in [-0.39, 0.29) is 18.3 Å². The molecule has 1 rings (SSSR count). The minimum Gasteiger partial charge on any atom is -0.324 e. The van der Waals surface area contributed by atoms with Crippen LogP contribution in [0.3, 0.4) is 0 Å². The zero-order chi connectivity index (χ0) is 10.7. The van der Waals surface area contributed by atoms with Gasteiger partial charge in [0.25, 0.3) is 0 Å². The molecule has 0 aliphatic carbocycles. The van der Waals surface area contributed by atoms with Crippen molar-refractivity contribution in [1.29, 1.82) is 0 Å². The number of carbonyl (C=O) groups is 1. The van der Waals surface area contributed by atoms with Crippen LogP contribution in [0, 0.1) is 6.92 Å². The molecule has 0 aliphatic heterocycles. The highest BCUT2D eigenvalue weighted by molar-refractivity contribution is 9.10. The molecule has 0 spiro atoms. The summed E-state index contributed by atoms with van der Waals surface area (Å²) in [5.41, 5.74) is 7.24. The monoisotopic (exact) mass is 292 g/mol. The topological polar surface area (TPSA) is 55.1 Å². The van der Waals surface area contributed by atoms with Crippen LogP contribution in [-0.2, 0) is 4.79 Å². The zero-order valence-electron chi connectivity index (χ0n) is 8.58. The summed E-state index contributed by atoms with van der Waals surface area (Å²) in [4.78, 5) is 11.3. The molecule has 0 unspecified atom stereocenters. The van der Waals surface area contributed by atoms with Crippen LogP contribution < -0.4 is 11.1 Å². The summed E-state index contributed by atoms with van der Waals surface area (Å²) in [6.45, 7) is 3.59. The van der Waals surface area contributed by atoms with E-state index in [0.717, 1.165) is 15.7 Å². The number of benzene rings is 1. The van der Waals surface area contributed by atoms with E-state index in [4.69, 9.17) is 5.73 Å². The smallest absolute Gasteiger partial charge is 0.241 e. The lowest BCUT2D eigenvalue weighted by Crippen LogP contribution is -2.32. The SMILES string of the molecule is Cc1c(Br)cccc1NC(=O)[C@H](C)N.Cl. The fourth-order valence-electron chi connectivity index (χ4n) is 0.989. The first-order valence-electron chi connectivity index (χ1n) is 4.34. The van der Waals surface area contributed by atoms with Gasteiger partial charge in [-0.15, -0.1) is 12.4 Å². The van der Waals surface area contributed by atoms with Crippen LogP contribution in [0.4, 0.5) is 5.69 Å². The summed E-state index contributed by atoms with van der Waals surface area (Å²) >= 11 is 3.39. The number of hydrogen-bond donors (Lipinski definition) is 2. The Labute approximate surface area is 104 Å². The average molecular weight is 294 g/mol. The average Bonchev–Trinajstić information content (AvgIpc) is 2.12. The van der Waals surface area contributed by atoms with Gasteiger partial charge >= 0.3 is 0 Å². The fraction of sp³-hybridized carbons (Fsp3) is 0.300. The van der Waals surface area contributed by atoms with E-state index in [1.807, 2.05) is 25.1 Å². The molecule has 1 amide bonds. The summed E-state index contributed by atoms with van der Waals surface area (Å²) in [7, 11) is 0. The Bertz CT molecular complexity index is 355. The molecule has 3 nitrogen and oxygen atoms in total. The molecule has 84 valence electrons. The minimum atomic E-state index is -0.492. The second-order valence-corrected chi connectivity index (χ2v) is 4.04. The van der Waals surface area contributed by atoms with Gasteiger partial charge in [-0.05, 0) is 31.5 Å². The highest BCUT2D eigenvalue weighted by Gasteiger charge is 2.09. The Balaban J connectivity index is 0.00000196. The van der Waals surface area contributed by atoms with Gasteiger partial charge in [0.2, 0.25) is 5.91 Å². The number of halogens is 2. The predicted octanol–water partition coefficient (Wildman–Crippen LogP) is 2.47. The molecule has 0 fully saturated rings. The first-order valence-corrected chi connectivity index (χ1v) is 5.13. The Morgan fingerprint density at radius 3 is 2.67 bits per heavy atom. The van der Waals surface area contributed by atoms with Crippen molar-refractivity contribution in [2.24, 2.45) is 5.73 Å². The number of hydrogen-bond acceptors (Lipinski definition) is 2. The summed E-state index contributed by atoms with van der Waals surface area (Å²) < 4.78 is 0.972. The molecule has 0 radical (unpaired) electrons. The van der Waals surface area contributed by atoms with Gasteiger partial charge in [0, 0.05) is 10.2 Å². The van der Waals surface area contributed by atoms with Crippen LogP contribution in [0.1, 0.15) is 12.5 Å². The normalized spacial score (nSPS) is 11.5. The molecule has 5 heteroatoms. The Kier molecular flexibility index (Phi) is 5.87. The van der Waals surface area contributed by atoms with Crippen LogP contribution in [0.25, 0.3) is 0 Å². The Morgan fingerprint density at radius 2 is 2.13 bits per heavy atom. The molecule has 1 aromatic carbocycles. The quantitative estimate of drug-likeness (QED) is 0.880. The van der Waals surface area contributed by atoms with Crippen LogP contribution in [-0.4, -0.2) is 11.9 Å². The van der Waals surface area contributed by atoms with Crippen molar-refractivity contribution in [1.82, 2.24) is 0 Å². The van der Waals surface area contributed by atoms with Crippen molar-refractivity contribution >= 4 is 39.9 Å². The van der Waals surface area contributed by atoms with Gasteiger partial charge in [0.05, 0.1) is 6.04 Å². The number of rotatable bonds is 2. The van der Waals surface area contributed by atoms with Crippen LogP contribution in [0.5, 0.6) is 0 Å². The fourth-order valence-corrected chi connectivity index (χ4v) is 1.36. The maximum absolute atomic E-state index is 11.3. The van der Waals surface area contributed by atoms with E-state index in [0.29, 0.717) is 0 Å². The highest BCUT2D eigenvalue weighted by atomic mass is 79.9. The van der Waals surface area contributed by atoms with E-state index in [1.165, 1.54) is 0 Å². The summed E-state index contributed by atoms with van der Waals surface area (Å²) in [6, 6.07) is 5.15. The van der Waals surface area contributed by atoms with Crippen LogP contribution in [0.15, 0.2) is 22.7 Å². The third kappa shape index (κ3) is 3.81. The second kappa shape index (κ2) is 6.10. The van der Waals surface area contributed by atoms with Crippen molar-refractivity contribution in [3.63, 3.8) is 0 Å². The number of anilines is 1. The lowest BCUT2D eigenvalue weighted by atomic mass is 10.2. The molecule has 0 saturated carbocycles. The third-order valence-electron chi connectivity index (χ3n) is 1.94. The molecule has 0 bridgehead atoms. The number of nitrogens with two attached hydrogens (primary N) is 1. The molecule has 3 N–H and O–H groups in total. The van der Waals surface area contributed by atoms with E-state index in [9.17, 15) is 4.79 Å². The van der Waals surface area contributed by atoms with E-state index in [1.54, 1.807) is 6.92 Å². The number of amides is 1. The summed E-state index contributed by atoms with van der Waals surface area (Å²) in [6.07, 6.45) is 0. The van der Waals surface area contributed by atoms with Gasteiger partial charge in [0.1, 0.15) is 0 Å². The predicted molar refractivity (Wildman–Crippen MR) is 68.4 cm³/mol. The highest BCUT2D eigenvalue weighted by Crippen LogP contribution is 2.23. The van der Waals surface area contributed by atoms with Gasteiger partial charge in [-0.3, -0.25) is 4.79 Å². The van der Waals surface area contributed by atoms with Crippen molar-refractivity contribution in [2.45, 2.75) is 19.9 Å². The molecule has 0 saturated heterocycles. The van der Waals surface area contributed by atoms with Gasteiger partial charge < -0.3 is 11.1 Å². The lowest BCUT2D eigenvalue weighted by Gasteiger charge is -2.11. The molecule has 0 aliphatic rings. The first-order chi connectivity index (χ1) is 6.52. The van der Waals surface area contributed by atoms with Gasteiger partial charge in [-0.2, -0.15) is 0 Å². The van der Waals surface area contributed by atoms with Gasteiger partial charge in [-0.1, -0.05) is 22.0 Å². The standard InChI is InChI=1S/C10H13BrN2O.ClH/c1-6-8(11)4-3-5-9(6)13-10(14)7(2)12;/h3-5,7H,12H2,1-2H3,(H,13,14);1H/t7-;/m0./s1. The van der Waals surface area contributed by atoms with E-state index < -0.39 is 6.04 Å². The zero-order valence-corrected chi connectivity index (χ0v) is 11.0. The van der Waals surface area contributed by atoms with Crippen molar-refractivity contribution in [2.75, 3.05) is 5.32 Å². The van der Waals surface area contributed by atoms with Crippen LogP contribution >= 0.6 is 28.3 Å². The second-order valence-electron chi connectivity index (χ2n) is 3.19. The maximum atomic E-state index is 11.3. The minimum absolute atomic E-state index is 0. The van der Waals surface area contributed by atoms with Gasteiger partial charge in [-0.25, -0.2) is 0 Å². The van der Waals surface area contributed by atoms with E-state index in [2.05, 4.69) is 21.2 Å². The first kappa shape index (κ1) is 14.4. The molecule has 1 aromatic rings. The molecule has 15 heavy (non-hydrogen) atoms. The molecule has 1 atom stereocenters. The molecular formula is C10H14BrClN2O. The van der Waals surface area contributed by atoms with Crippen LogP contribution in [0.2, 0.25) is 0 Å². The molecular weight excluding hydrogens is 279 g/mol. The maximum Gasteiger partial charge on any atom is 0.241 e. The van der Waals surface area contributed by atoms with Crippen molar-refractivity contribution < 1.29 is 4.79 Å². The Hall–Kier alpha value is -0.580. The van der Waals surface area contributed by atoms with Crippen molar-refractivity contribution in [3.8, 4) is 0 Å². The number of carbonyl (C=O) groups excluding carboxylic acids is 1. The molecule has 0 heterocycles.